The van der Waals surface area contributed by atoms with Crippen LogP contribution in [0.5, 0.6) is 0 Å². The van der Waals surface area contributed by atoms with E-state index in [-0.39, 0.29) is 0 Å². The van der Waals surface area contributed by atoms with E-state index in [0.717, 1.165) is 34.6 Å². The molecule has 52 heteroatoms. The Kier molecular flexibility index (Phi) is 34.1. The molecule has 0 unspecified atom stereocenters. The summed E-state index contributed by atoms with van der Waals surface area (Å²) in [4.78, 5) is 89.4. The molecule has 116 heavy (non-hydrogen) atoms. The van der Waals surface area contributed by atoms with Crippen LogP contribution >= 0.6 is 0 Å². The maximum absolute atomic E-state index is 13.7. The summed E-state index contributed by atoms with van der Waals surface area (Å²) in [7, 11) is 0. The Labute approximate surface area is 655 Å². The molecule has 52 nitrogen and oxygen atoms in total. The SMILES string of the molecule is CC(=O)N[C@H]1[C@H](O[C@H]2[C@@H](O)[C@@H](CO)O[C@@H](O[C@H]3[C@H](O)[C@@H](O)[C@H](O)O[C@@H]3CO)[C@@H]2O)O[C@H](CO)[C@@H](O[C@@H]2O[C@H](CO)[C@H](O)[C@H](O[C@@H]3O[C@H](CO)[C@@H](O[C@@H]4O[C@H](CO)[C@H](O)[C@H](O[C@]5(C(=O)O)C[C@H](O)[C@@H](NC(C)=O)[C@H]([C@H](O)[C@@H](CO)O[C@]6(C(=O)O)C[C@H](O)[C@@H](NC(C)=O)[C@H]([C@H](O)[C@H](O)COC(C)=O)O6)O5)[C@H]4O)[C@H](O)[C@H]3NC(C)=O)[C@H]2O)[C@@H]1O. The van der Waals surface area contributed by atoms with Crippen LogP contribution in [0, 0.1) is 0 Å². The summed E-state index contributed by atoms with van der Waals surface area (Å²) in [5, 5.41) is 288. The first-order valence-corrected chi connectivity index (χ1v) is 36.3. The van der Waals surface area contributed by atoms with Gasteiger partial charge in [0.1, 0.15) is 190 Å². The van der Waals surface area contributed by atoms with Crippen molar-refractivity contribution in [1.29, 1.82) is 0 Å². The first-order chi connectivity index (χ1) is 54.5. The number of carbonyl (C=O) groups excluding carboxylic acids is 5. The zero-order valence-electron chi connectivity index (χ0n) is 62.2. The Bertz CT molecular complexity index is 3240. The lowest BCUT2D eigenvalue weighted by molar-refractivity contribution is -0.392. The van der Waals surface area contributed by atoms with E-state index in [1.807, 2.05) is 0 Å². The van der Waals surface area contributed by atoms with E-state index in [0.29, 0.717) is 0 Å². The van der Waals surface area contributed by atoms with Crippen LogP contribution in [-0.2, 0) is 109 Å². The number of aliphatic hydroxyl groups excluding tert-OH is 23. The van der Waals surface area contributed by atoms with Gasteiger partial charge < -0.3 is 225 Å². The Morgan fingerprint density at radius 1 is 0.379 bits per heavy atom. The minimum atomic E-state index is -3.56. The van der Waals surface area contributed by atoms with E-state index >= 15 is 0 Å². The minimum absolute atomic E-state index is 0.852. The van der Waals surface area contributed by atoms with E-state index in [2.05, 4.69) is 21.3 Å². The summed E-state index contributed by atoms with van der Waals surface area (Å²) in [6.45, 7) is -4.96. The minimum Gasteiger partial charge on any atom is -0.477 e. The van der Waals surface area contributed by atoms with Crippen molar-refractivity contribution >= 4 is 41.5 Å². The third-order valence-electron chi connectivity index (χ3n) is 20.5. The highest BCUT2D eigenvalue weighted by Crippen LogP contribution is 2.43. The molecule has 29 N–H and O–H groups in total. The van der Waals surface area contributed by atoms with E-state index in [1.165, 1.54) is 0 Å². The largest absolute Gasteiger partial charge is 0.477 e. The summed E-state index contributed by atoms with van der Waals surface area (Å²) in [5.74, 6) is -16.4. The highest BCUT2D eigenvalue weighted by molar-refractivity contribution is 5.78. The van der Waals surface area contributed by atoms with Crippen molar-refractivity contribution in [3.8, 4) is 0 Å². The first kappa shape index (κ1) is 96.2. The second kappa shape index (κ2) is 41.1. The molecule has 0 aromatic rings. The molecule has 0 bridgehead atoms. The van der Waals surface area contributed by atoms with E-state index in [4.69, 9.17) is 75.8 Å². The first-order valence-electron chi connectivity index (χ1n) is 36.3. The van der Waals surface area contributed by atoms with Gasteiger partial charge in [-0.3, -0.25) is 24.0 Å². The van der Waals surface area contributed by atoms with Gasteiger partial charge in [-0.25, -0.2) is 9.59 Å². The van der Waals surface area contributed by atoms with Crippen molar-refractivity contribution in [2.75, 3.05) is 52.9 Å². The molecule has 8 aliphatic rings. The molecule has 8 fully saturated rings. The molecule has 0 radical (unpaired) electrons. The zero-order valence-corrected chi connectivity index (χ0v) is 62.2. The van der Waals surface area contributed by atoms with E-state index in [9.17, 15) is 161 Å². The van der Waals surface area contributed by atoms with Crippen LogP contribution in [0.25, 0.3) is 0 Å². The van der Waals surface area contributed by atoms with Crippen LogP contribution in [0.2, 0.25) is 0 Å². The van der Waals surface area contributed by atoms with Crippen LogP contribution < -0.4 is 21.3 Å². The van der Waals surface area contributed by atoms with Crippen molar-refractivity contribution in [1.82, 2.24) is 21.3 Å². The molecule has 0 aromatic carbocycles. The number of carboxylic acids is 2. The van der Waals surface area contributed by atoms with Crippen LogP contribution in [-0.4, -0.2) is 479 Å². The van der Waals surface area contributed by atoms with Gasteiger partial charge in [0.15, 0.2) is 37.7 Å². The maximum Gasteiger partial charge on any atom is 0.364 e. The summed E-state index contributed by atoms with van der Waals surface area (Å²) >= 11 is 0. The Balaban J connectivity index is 1.01. The van der Waals surface area contributed by atoms with Crippen molar-refractivity contribution in [3.63, 3.8) is 0 Å². The third-order valence-corrected chi connectivity index (χ3v) is 20.5. The smallest absolute Gasteiger partial charge is 0.364 e. The second-order valence-corrected chi connectivity index (χ2v) is 28.8. The van der Waals surface area contributed by atoms with Crippen LogP contribution in [0.1, 0.15) is 47.5 Å². The van der Waals surface area contributed by atoms with Gasteiger partial charge in [-0.2, -0.15) is 0 Å². The van der Waals surface area contributed by atoms with Crippen LogP contribution in [0.3, 0.4) is 0 Å². The number of aliphatic hydroxyl groups is 23. The van der Waals surface area contributed by atoms with Gasteiger partial charge in [0.25, 0.3) is 11.6 Å². The van der Waals surface area contributed by atoms with Gasteiger partial charge in [-0.1, -0.05) is 0 Å². The molecule has 8 rings (SSSR count). The summed E-state index contributed by atoms with van der Waals surface area (Å²) in [5.41, 5.74) is 0. The Morgan fingerprint density at radius 2 is 0.707 bits per heavy atom. The average Bonchev–Trinajstić information content (AvgIpc) is 0.775. The Hall–Kier alpha value is -5.23. The fourth-order valence-corrected chi connectivity index (χ4v) is 14.7. The highest BCUT2D eigenvalue weighted by atomic mass is 16.8. The topological polar surface area (TPSA) is 821 Å². The fourth-order valence-electron chi connectivity index (χ4n) is 14.7. The molecule has 4 amide bonds. The number of amides is 4. The summed E-state index contributed by atoms with van der Waals surface area (Å²) in [6, 6.07) is -7.83. The van der Waals surface area contributed by atoms with Gasteiger partial charge in [0.2, 0.25) is 23.6 Å². The maximum atomic E-state index is 13.7. The lowest BCUT2D eigenvalue weighted by Crippen LogP contribution is -2.72. The monoisotopic (exact) mass is 1700 g/mol. The molecule has 0 saturated carbocycles. The van der Waals surface area contributed by atoms with E-state index in [1.54, 1.807) is 0 Å². The average molecular weight is 1700 g/mol. The normalized spacial score (nSPS) is 44.6. The predicted octanol–water partition coefficient (Wildman–Crippen LogP) is -18.9. The quantitative estimate of drug-likeness (QED) is 0.0271. The number of esters is 1. The molecule has 8 saturated heterocycles. The summed E-state index contributed by atoms with van der Waals surface area (Å²) in [6.07, 6.45) is -81.6. The Morgan fingerprint density at radius 3 is 1.08 bits per heavy atom. The number of hydrogen-bond acceptors (Lipinski definition) is 46. The van der Waals surface area contributed by atoms with Gasteiger partial charge in [0, 0.05) is 47.5 Å². The van der Waals surface area contributed by atoms with Crippen molar-refractivity contribution in [2.45, 2.75) is 304 Å². The molecule has 0 spiro atoms. The summed E-state index contributed by atoms with van der Waals surface area (Å²) < 4.78 is 91.2. The number of aliphatic carboxylic acids is 2. The standard InChI is InChI=1S/C64H104N4O48/c1-16(76)65-31-21(81)6-63(61(97)98,114-50(31)35(84)23(83)15-101-20(5)80)113-27(11-72)39(88)51-32(66-17(2)77)22(82)7-64(115-51,62(99)100)116-54-38(87)26(10-71)105-60(46(54)95)109-48-30(14-75)107-57(34(41(48)90)68-19(4)79)111-52-36(85)24(8-69)103-58(44(52)93)108-47-29(13-74)106-56(33(40(47)89)67-18(3)78)112-53-37(86)25(9-70)104-59(45(53)94)110-49-28(12-73)102-55(96)43(92)42(49)91/h21-60,69-75,81-96H,6-15H2,1-5H3,(H,65,76)(H,66,77)(H,67,78)(H,68,79)(H,97,98)(H,99,100)/t21-,22-,23+,24+,25+,26+,27+,28+,29+,30+,31+,32+,33+,34+,35+,36-,37-,38-,39+,40+,41+,42+,43+,44+,45+,46+,47+,48+,49+,50+,51+,52-,53-,54-,55+,56-,57-,58-,59-,60-,63+,64-/m0/s1. The number of carbonyl (C=O) groups is 7. The number of carboxylic acid groups (broad SMARTS) is 2. The van der Waals surface area contributed by atoms with Crippen LogP contribution in [0.15, 0.2) is 0 Å². The molecule has 42 atom stereocenters. The molecular weight excluding hydrogens is 1590 g/mol. The van der Waals surface area contributed by atoms with Crippen LogP contribution in [0.4, 0.5) is 0 Å². The second-order valence-electron chi connectivity index (χ2n) is 28.8. The molecule has 8 aliphatic heterocycles. The number of ether oxygens (including phenoxy) is 16. The molecule has 668 valence electrons. The number of hydrogen-bond donors (Lipinski definition) is 29. The van der Waals surface area contributed by atoms with Gasteiger partial charge in [-0.05, 0) is 0 Å². The highest BCUT2D eigenvalue weighted by Gasteiger charge is 2.65. The molecule has 0 aromatic heterocycles. The van der Waals surface area contributed by atoms with Gasteiger partial charge >= 0.3 is 17.9 Å². The van der Waals surface area contributed by atoms with Crippen molar-refractivity contribution < 1.29 is 237 Å². The number of nitrogens with one attached hydrogen (secondary N) is 4. The van der Waals surface area contributed by atoms with Crippen molar-refractivity contribution in [3.05, 3.63) is 0 Å². The zero-order chi connectivity index (χ0) is 86.3. The lowest BCUT2D eigenvalue weighted by atomic mass is 9.87. The number of rotatable bonds is 33. The fraction of sp³-hybridized carbons (Fsp3) is 0.891. The van der Waals surface area contributed by atoms with Crippen molar-refractivity contribution in [2.24, 2.45) is 0 Å². The van der Waals surface area contributed by atoms with Gasteiger partial charge in [-0.15, -0.1) is 0 Å². The molecular formula is C64H104N4O48. The van der Waals surface area contributed by atoms with E-state index < -0.39 is 364 Å². The predicted molar refractivity (Wildman–Crippen MR) is 355 cm³/mol. The van der Waals surface area contributed by atoms with Gasteiger partial charge in [0.05, 0.1) is 70.5 Å². The molecule has 8 heterocycles. The lowest BCUT2D eigenvalue weighted by Gasteiger charge is -2.52. The molecule has 0 aliphatic carbocycles. The third kappa shape index (κ3) is 21.3.